The molecular formula is C18H16O5. The average molecular weight is 312 g/mol. The first-order valence-corrected chi connectivity index (χ1v) is 7.10. The first-order valence-electron chi connectivity index (χ1n) is 7.10. The Morgan fingerprint density at radius 2 is 1.61 bits per heavy atom. The van der Waals surface area contributed by atoms with Gasteiger partial charge in [0.05, 0.1) is 5.39 Å². The van der Waals surface area contributed by atoms with Crippen molar-refractivity contribution in [2.24, 2.45) is 0 Å². The molecule has 0 aliphatic heterocycles. The highest BCUT2D eigenvalue weighted by molar-refractivity contribution is 5.97. The average Bonchev–Trinajstić information content (AvgIpc) is 2.49. The van der Waals surface area contributed by atoms with Gasteiger partial charge in [-0.1, -0.05) is 24.3 Å². The Morgan fingerprint density at radius 3 is 2.22 bits per heavy atom. The summed E-state index contributed by atoms with van der Waals surface area (Å²) in [5.74, 6) is -0.439. The second kappa shape index (κ2) is 5.14. The summed E-state index contributed by atoms with van der Waals surface area (Å²) in [6.07, 6.45) is 0. The third-order valence-electron chi connectivity index (χ3n) is 3.66. The van der Waals surface area contributed by atoms with Crippen LogP contribution in [0.15, 0.2) is 51.7 Å². The predicted molar refractivity (Wildman–Crippen MR) is 86.5 cm³/mol. The maximum atomic E-state index is 12.2. The van der Waals surface area contributed by atoms with Gasteiger partial charge in [0.1, 0.15) is 11.4 Å². The summed E-state index contributed by atoms with van der Waals surface area (Å²) in [4.78, 5) is 12.2. The highest BCUT2D eigenvalue weighted by Crippen LogP contribution is 2.39. The highest BCUT2D eigenvalue weighted by Gasteiger charge is 2.27. The summed E-state index contributed by atoms with van der Waals surface area (Å²) >= 11 is 0. The molecule has 118 valence electrons. The van der Waals surface area contributed by atoms with Crippen molar-refractivity contribution in [1.82, 2.24) is 0 Å². The SMILES string of the molecule is CC(C)(O)c1oc(=O)c2ccccc2c1-c1ccc(O)c(O)c1. The van der Waals surface area contributed by atoms with E-state index in [1.54, 1.807) is 30.3 Å². The van der Waals surface area contributed by atoms with E-state index in [-0.39, 0.29) is 17.3 Å². The quantitative estimate of drug-likeness (QED) is 0.633. The van der Waals surface area contributed by atoms with Crippen molar-refractivity contribution in [3.63, 3.8) is 0 Å². The van der Waals surface area contributed by atoms with Crippen molar-refractivity contribution in [1.29, 1.82) is 0 Å². The molecule has 0 unspecified atom stereocenters. The third-order valence-corrected chi connectivity index (χ3v) is 3.66. The van der Waals surface area contributed by atoms with E-state index in [4.69, 9.17) is 4.42 Å². The van der Waals surface area contributed by atoms with Gasteiger partial charge in [0.15, 0.2) is 11.5 Å². The van der Waals surface area contributed by atoms with Gasteiger partial charge in [-0.2, -0.15) is 0 Å². The molecule has 5 heteroatoms. The Hall–Kier alpha value is -2.79. The Labute approximate surface area is 132 Å². The van der Waals surface area contributed by atoms with E-state index < -0.39 is 11.2 Å². The first kappa shape index (κ1) is 15.1. The third kappa shape index (κ3) is 2.55. The minimum absolute atomic E-state index is 0.103. The highest BCUT2D eigenvalue weighted by atomic mass is 16.4. The summed E-state index contributed by atoms with van der Waals surface area (Å²) in [6.45, 7) is 3.04. The lowest BCUT2D eigenvalue weighted by Gasteiger charge is -2.21. The van der Waals surface area contributed by atoms with Crippen LogP contribution in [0.5, 0.6) is 11.5 Å². The van der Waals surface area contributed by atoms with Gasteiger partial charge in [-0.25, -0.2) is 4.79 Å². The van der Waals surface area contributed by atoms with E-state index in [1.807, 2.05) is 0 Å². The van der Waals surface area contributed by atoms with Crippen LogP contribution >= 0.6 is 0 Å². The van der Waals surface area contributed by atoms with E-state index >= 15 is 0 Å². The van der Waals surface area contributed by atoms with E-state index in [1.165, 1.54) is 26.0 Å². The van der Waals surface area contributed by atoms with Crippen LogP contribution in [0.2, 0.25) is 0 Å². The summed E-state index contributed by atoms with van der Waals surface area (Å²) in [5, 5.41) is 30.7. The molecular weight excluding hydrogens is 296 g/mol. The molecule has 2 aromatic carbocycles. The Balaban J connectivity index is 2.48. The molecule has 0 saturated carbocycles. The second-order valence-corrected chi connectivity index (χ2v) is 5.90. The van der Waals surface area contributed by atoms with Gasteiger partial charge in [0, 0.05) is 10.9 Å². The summed E-state index contributed by atoms with van der Waals surface area (Å²) in [7, 11) is 0. The number of phenols is 2. The lowest BCUT2D eigenvalue weighted by atomic mass is 9.92. The molecule has 1 heterocycles. The molecule has 3 rings (SSSR count). The zero-order chi connectivity index (χ0) is 16.8. The van der Waals surface area contributed by atoms with Crippen molar-refractivity contribution in [2.75, 3.05) is 0 Å². The molecule has 23 heavy (non-hydrogen) atoms. The number of aliphatic hydroxyl groups is 1. The molecule has 0 atom stereocenters. The van der Waals surface area contributed by atoms with E-state index in [0.717, 1.165) is 0 Å². The minimum Gasteiger partial charge on any atom is -0.504 e. The summed E-state index contributed by atoms with van der Waals surface area (Å²) < 4.78 is 5.36. The molecule has 0 bridgehead atoms. The fourth-order valence-electron chi connectivity index (χ4n) is 2.60. The van der Waals surface area contributed by atoms with Gasteiger partial charge in [-0.3, -0.25) is 0 Å². The topological polar surface area (TPSA) is 90.9 Å². The molecule has 0 fully saturated rings. The summed E-state index contributed by atoms with van der Waals surface area (Å²) in [6, 6.07) is 11.2. The number of aromatic hydroxyl groups is 2. The van der Waals surface area contributed by atoms with Crippen LogP contribution in [0, 0.1) is 0 Å². The lowest BCUT2D eigenvalue weighted by molar-refractivity contribution is 0.0521. The van der Waals surface area contributed by atoms with Gasteiger partial charge >= 0.3 is 5.63 Å². The number of fused-ring (bicyclic) bond motifs is 1. The molecule has 3 N–H and O–H groups in total. The number of hydrogen-bond acceptors (Lipinski definition) is 5. The Morgan fingerprint density at radius 1 is 0.957 bits per heavy atom. The monoisotopic (exact) mass is 312 g/mol. The predicted octanol–water partition coefficient (Wildman–Crippen LogP) is 3.10. The van der Waals surface area contributed by atoms with Gasteiger partial charge in [-0.15, -0.1) is 0 Å². The minimum atomic E-state index is -1.40. The second-order valence-electron chi connectivity index (χ2n) is 5.90. The standard InChI is InChI=1S/C18H16O5/c1-18(2,22)16-15(10-7-8-13(19)14(20)9-10)11-5-3-4-6-12(11)17(21)23-16/h3-9,19-20,22H,1-2H3. The molecule has 0 radical (unpaired) electrons. The summed E-state index contributed by atoms with van der Waals surface area (Å²) in [5.41, 5.74) is -0.906. The van der Waals surface area contributed by atoms with Crippen LogP contribution < -0.4 is 5.63 Å². The van der Waals surface area contributed by atoms with Crippen molar-refractivity contribution in [3.8, 4) is 22.6 Å². The van der Waals surface area contributed by atoms with Gasteiger partial charge < -0.3 is 19.7 Å². The molecule has 0 saturated heterocycles. The van der Waals surface area contributed by atoms with E-state index in [0.29, 0.717) is 21.9 Å². The number of phenolic OH excluding ortho intramolecular Hbond substituents is 2. The van der Waals surface area contributed by atoms with Crippen LogP contribution in [0.4, 0.5) is 0 Å². The molecule has 3 aromatic rings. The van der Waals surface area contributed by atoms with Crippen LogP contribution in [-0.4, -0.2) is 15.3 Å². The van der Waals surface area contributed by atoms with Crippen LogP contribution in [0.25, 0.3) is 21.9 Å². The molecule has 0 amide bonds. The zero-order valence-electron chi connectivity index (χ0n) is 12.7. The van der Waals surface area contributed by atoms with Crippen LogP contribution in [-0.2, 0) is 5.60 Å². The molecule has 0 aliphatic carbocycles. The fraction of sp³-hybridized carbons (Fsp3) is 0.167. The first-order chi connectivity index (χ1) is 10.8. The Kier molecular flexibility index (Phi) is 3.38. The van der Waals surface area contributed by atoms with Gasteiger partial charge in [0.2, 0.25) is 0 Å². The molecule has 5 nitrogen and oxygen atoms in total. The largest absolute Gasteiger partial charge is 0.504 e. The molecule has 0 aliphatic rings. The van der Waals surface area contributed by atoms with E-state index in [2.05, 4.69) is 0 Å². The van der Waals surface area contributed by atoms with E-state index in [9.17, 15) is 20.1 Å². The zero-order valence-corrected chi connectivity index (χ0v) is 12.7. The van der Waals surface area contributed by atoms with Crippen LogP contribution in [0.1, 0.15) is 19.6 Å². The normalized spacial score (nSPS) is 11.8. The van der Waals surface area contributed by atoms with Crippen molar-refractivity contribution < 1.29 is 19.7 Å². The van der Waals surface area contributed by atoms with Crippen molar-refractivity contribution in [3.05, 3.63) is 58.6 Å². The maximum absolute atomic E-state index is 12.2. The lowest BCUT2D eigenvalue weighted by Crippen LogP contribution is -2.20. The van der Waals surface area contributed by atoms with Gasteiger partial charge in [0.25, 0.3) is 0 Å². The van der Waals surface area contributed by atoms with Gasteiger partial charge in [-0.05, 0) is 37.6 Å². The fourth-order valence-corrected chi connectivity index (χ4v) is 2.60. The number of rotatable bonds is 2. The molecule has 1 aromatic heterocycles. The van der Waals surface area contributed by atoms with Crippen molar-refractivity contribution >= 4 is 10.8 Å². The maximum Gasteiger partial charge on any atom is 0.343 e. The Bertz CT molecular complexity index is 948. The van der Waals surface area contributed by atoms with Crippen LogP contribution in [0.3, 0.4) is 0 Å². The number of benzene rings is 2. The smallest absolute Gasteiger partial charge is 0.343 e. The van der Waals surface area contributed by atoms with Crippen molar-refractivity contribution in [2.45, 2.75) is 19.4 Å². The number of hydrogen-bond donors (Lipinski definition) is 3. The molecule has 0 spiro atoms.